The number of carbonyl (C=O) groups excluding carboxylic acids is 1. The zero-order valence-corrected chi connectivity index (χ0v) is 20.7. The molecule has 0 saturated heterocycles. The van der Waals surface area contributed by atoms with Gasteiger partial charge >= 0.3 is 6.18 Å². The number of carbonyl (C=O) groups is 1. The summed E-state index contributed by atoms with van der Waals surface area (Å²) in [6.07, 6.45) is -1.96. The molecule has 1 aromatic carbocycles. The summed E-state index contributed by atoms with van der Waals surface area (Å²) >= 11 is 6.21. The molecule has 0 radical (unpaired) electrons. The van der Waals surface area contributed by atoms with Crippen molar-refractivity contribution in [3.8, 4) is 22.9 Å². The van der Waals surface area contributed by atoms with E-state index in [1.54, 1.807) is 14.0 Å². The number of aliphatic hydroxyl groups is 1. The molecule has 3 rings (SSSR count). The van der Waals surface area contributed by atoms with E-state index in [2.05, 4.69) is 15.3 Å². The number of hydrogen-bond acceptors (Lipinski definition) is 6. The zero-order chi connectivity index (χ0) is 27.0. The fourth-order valence-corrected chi connectivity index (χ4v) is 3.73. The second kappa shape index (κ2) is 9.94. The molecule has 1 amide bonds. The van der Waals surface area contributed by atoms with Crippen molar-refractivity contribution in [3.63, 3.8) is 0 Å². The predicted molar refractivity (Wildman–Crippen MR) is 124 cm³/mol. The topological polar surface area (TPSA) is 98.5 Å². The minimum Gasteiger partial charge on any atom is -0.483 e. The highest BCUT2D eigenvalue weighted by Gasteiger charge is 2.31. The van der Waals surface area contributed by atoms with Gasteiger partial charge in [0.15, 0.2) is 6.61 Å². The molecule has 0 aliphatic heterocycles. The average molecular weight is 531 g/mol. The molecule has 2 heterocycles. The number of anilines is 1. The van der Waals surface area contributed by atoms with Crippen molar-refractivity contribution in [3.05, 3.63) is 52.3 Å². The second-order valence-corrected chi connectivity index (χ2v) is 8.82. The Bertz CT molecular complexity index is 1300. The standard InChI is InChI=1S/C23H23ClF4N4O4/c1-11-8-29-20(35-5)17(24)18(11)31-19(33)13-6-14(25)12(7-16(13)36-10-23(26,27)28)15-9-32(4)21(30-15)22(2,3)34/h6-9,34H,10H2,1-5H3,(H,29,31,33). The number of alkyl halides is 3. The third kappa shape index (κ3) is 5.88. The van der Waals surface area contributed by atoms with E-state index in [4.69, 9.17) is 21.1 Å². The largest absolute Gasteiger partial charge is 0.483 e. The van der Waals surface area contributed by atoms with Crippen LogP contribution in [0.15, 0.2) is 24.5 Å². The van der Waals surface area contributed by atoms with Crippen molar-refractivity contribution in [2.75, 3.05) is 19.0 Å². The van der Waals surface area contributed by atoms with Crippen LogP contribution in [-0.4, -0.2) is 45.4 Å². The van der Waals surface area contributed by atoms with Crippen LogP contribution >= 0.6 is 11.6 Å². The van der Waals surface area contributed by atoms with Gasteiger partial charge < -0.3 is 24.5 Å². The number of imidazole rings is 1. The van der Waals surface area contributed by atoms with Gasteiger partial charge in [-0.25, -0.2) is 14.4 Å². The number of aryl methyl sites for hydroxylation is 2. The molecule has 0 aliphatic carbocycles. The molecule has 0 unspecified atom stereocenters. The second-order valence-electron chi connectivity index (χ2n) is 8.45. The van der Waals surface area contributed by atoms with Crippen molar-refractivity contribution >= 4 is 23.2 Å². The van der Waals surface area contributed by atoms with Crippen molar-refractivity contribution in [2.24, 2.45) is 7.05 Å². The number of halogens is 5. The van der Waals surface area contributed by atoms with E-state index in [0.717, 1.165) is 12.1 Å². The van der Waals surface area contributed by atoms with Gasteiger partial charge in [0.05, 0.1) is 24.1 Å². The Morgan fingerprint density at radius 1 is 1.28 bits per heavy atom. The van der Waals surface area contributed by atoms with E-state index < -0.39 is 41.4 Å². The number of amides is 1. The molecule has 2 aromatic heterocycles. The molecule has 194 valence electrons. The Balaban J connectivity index is 2.09. The molecule has 3 aromatic rings. The highest BCUT2D eigenvalue weighted by atomic mass is 35.5. The molecule has 13 heteroatoms. The van der Waals surface area contributed by atoms with Gasteiger partial charge in [-0.15, -0.1) is 0 Å². The molecular formula is C23H23ClF4N4O4. The van der Waals surface area contributed by atoms with Gasteiger partial charge in [-0.05, 0) is 38.5 Å². The van der Waals surface area contributed by atoms with Crippen molar-refractivity contribution in [1.82, 2.24) is 14.5 Å². The first-order chi connectivity index (χ1) is 16.6. The predicted octanol–water partition coefficient (Wildman–Crippen LogP) is 5.01. The molecule has 0 bridgehead atoms. The molecule has 0 fully saturated rings. The number of hydrogen-bond donors (Lipinski definition) is 2. The first-order valence-electron chi connectivity index (χ1n) is 10.4. The molecule has 0 aliphatic rings. The molecule has 2 N–H and O–H groups in total. The summed E-state index contributed by atoms with van der Waals surface area (Å²) < 4.78 is 65.3. The zero-order valence-electron chi connectivity index (χ0n) is 19.9. The summed E-state index contributed by atoms with van der Waals surface area (Å²) in [5, 5.41) is 12.7. The van der Waals surface area contributed by atoms with Crippen LogP contribution in [0.5, 0.6) is 11.6 Å². The fraction of sp³-hybridized carbons (Fsp3) is 0.348. The van der Waals surface area contributed by atoms with Crippen LogP contribution in [0.1, 0.15) is 35.6 Å². The van der Waals surface area contributed by atoms with Gasteiger partial charge in [-0.1, -0.05) is 11.6 Å². The number of nitrogens with one attached hydrogen (secondary N) is 1. The lowest BCUT2D eigenvalue weighted by atomic mass is 10.1. The van der Waals surface area contributed by atoms with Crippen LogP contribution < -0.4 is 14.8 Å². The van der Waals surface area contributed by atoms with E-state index in [1.807, 2.05) is 0 Å². The third-order valence-electron chi connectivity index (χ3n) is 5.01. The van der Waals surface area contributed by atoms with Crippen LogP contribution in [0.25, 0.3) is 11.3 Å². The number of nitrogens with zero attached hydrogens (tertiary/aromatic N) is 3. The third-order valence-corrected chi connectivity index (χ3v) is 5.36. The smallest absolute Gasteiger partial charge is 0.422 e. The van der Waals surface area contributed by atoms with Gasteiger partial charge in [-0.3, -0.25) is 4.79 Å². The van der Waals surface area contributed by atoms with E-state index >= 15 is 4.39 Å². The first kappa shape index (κ1) is 27.2. The van der Waals surface area contributed by atoms with Crippen LogP contribution in [0, 0.1) is 12.7 Å². The summed E-state index contributed by atoms with van der Waals surface area (Å²) in [7, 11) is 2.88. The number of rotatable bonds is 7. The van der Waals surface area contributed by atoms with Gasteiger partial charge in [0.2, 0.25) is 5.88 Å². The monoisotopic (exact) mass is 530 g/mol. The van der Waals surface area contributed by atoms with Gasteiger partial charge in [-0.2, -0.15) is 13.2 Å². The molecule has 0 atom stereocenters. The van der Waals surface area contributed by atoms with E-state index in [-0.39, 0.29) is 33.7 Å². The Morgan fingerprint density at radius 2 is 1.94 bits per heavy atom. The average Bonchev–Trinajstić information content (AvgIpc) is 3.16. The minimum atomic E-state index is -4.72. The number of methoxy groups -OCH3 is 1. The van der Waals surface area contributed by atoms with Crippen molar-refractivity contribution in [1.29, 1.82) is 0 Å². The number of ether oxygens (including phenoxy) is 2. The maximum atomic E-state index is 15.2. The Morgan fingerprint density at radius 3 is 2.50 bits per heavy atom. The van der Waals surface area contributed by atoms with Gasteiger partial charge in [0.25, 0.3) is 5.91 Å². The Kier molecular flexibility index (Phi) is 7.51. The van der Waals surface area contributed by atoms with Crippen LogP contribution in [0.4, 0.5) is 23.2 Å². The minimum absolute atomic E-state index is 0.00500. The SMILES string of the molecule is COc1ncc(C)c(NC(=O)c2cc(F)c(-c3cn(C)c(C(C)(C)O)n3)cc2OCC(F)(F)F)c1Cl. The summed E-state index contributed by atoms with van der Waals surface area (Å²) in [6, 6.07) is 1.70. The fourth-order valence-electron chi connectivity index (χ4n) is 3.40. The summed E-state index contributed by atoms with van der Waals surface area (Å²) in [5.74, 6) is -2.27. The Hall–Kier alpha value is -3.38. The summed E-state index contributed by atoms with van der Waals surface area (Å²) in [4.78, 5) is 21.2. The van der Waals surface area contributed by atoms with Crippen LogP contribution in [-0.2, 0) is 12.6 Å². The van der Waals surface area contributed by atoms with Gasteiger partial charge in [0.1, 0.15) is 28.0 Å². The maximum Gasteiger partial charge on any atom is 0.422 e. The Labute approximate surface area is 208 Å². The van der Waals surface area contributed by atoms with E-state index in [1.165, 1.54) is 37.9 Å². The number of pyridine rings is 1. The molecule has 0 spiro atoms. The number of benzene rings is 1. The van der Waals surface area contributed by atoms with Gasteiger partial charge in [0, 0.05) is 25.0 Å². The number of aromatic nitrogens is 3. The molecule has 0 saturated carbocycles. The maximum absolute atomic E-state index is 15.2. The quantitative estimate of drug-likeness (QED) is 0.417. The normalized spacial score (nSPS) is 12.0. The lowest BCUT2D eigenvalue weighted by Gasteiger charge is -2.17. The summed E-state index contributed by atoms with van der Waals surface area (Å²) in [6.45, 7) is 2.81. The highest BCUT2D eigenvalue weighted by molar-refractivity contribution is 6.35. The highest BCUT2D eigenvalue weighted by Crippen LogP contribution is 2.36. The van der Waals surface area contributed by atoms with Crippen molar-refractivity contribution < 1.29 is 36.9 Å². The van der Waals surface area contributed by atoms with Crippen molar-refractivity contribution in [2.45, 2.75) is 32.5 Å². The van der Waals surface area contributed by atoms with E-state index in [9.17, 15) is 23.1 Å². The molecule has 8 nitrogen and oxygen atoms in total. The van der Waals surface area contributed by atoms with Crippen LogP contribution in [0.3, 0.4) is 0 Å². The molecule has 36 heavy (non-hydrogen) atoms. The summed E-state index contributed by atoms with van der Waals surface area (Å²) in [5.41, 5.74) is -1.58. The molecular weight excluding hydrogens is 508 g/mol. The lowest BCUT2D eigenvalue weighted by molar-refractivity contribution is -0.153. The lowest BCUT2D eigenvalue weighted by Crippen LogP contribution is -2.22. The van der Waals surface area contributed by atoms with E-state index in [0.29, 0.717) is 5.56 Å². The van der Waals surface area contributed by atoms with Crippen LogP contribution in [0.2, 0.25) is 5.02 Å². The first-order valence-corrected chi connectivity index (χ1v) is 10.8.